The van der Waals surface area contributed by atoms with Crippen molar-refractivity contribution >= 4 is 17.0 Å². The summed E-state index contributed by atoms with van der Waals surface area (Å²) in [5.41, 5.74) is 2.96. The van der Waals surface area contributed by atoms with Crippen molar-refractivity contribution in [2.75, 3.05) is 0 Å². The molecule has 0 aliphatic heterocycles. The second kappa shape index (κ2) is 4.35. The van der Waals surface area contributed by atoms with Gasteiger partial charge in [0, 0.05) is 12.8 Å². The van der Waals surface area contributed by atoms with Crippen LogP contribution in [0.3, 0.4) is 0 Å². The predicted octanol–water partition coefficient (Wildman–Crippen LogP) is 2.14. The number of carbonyl (C=O) groups is 1. The van der Waals surface area contributed by atoms with Crippen LogP contribution in [0, 0.1) is 0 Å². The van der Waals surface area contributed by atoms with Crippen LogP contribution in [-0.2, 0) is 17.6 Å². The van der Waals surface area contributed by atoms with Crippen LogP contribution in [0.5, 0.6) is 0 Å². The molecular weight excluding hydrogens is 204 g/mol. The summed E-state index contributed by atoms with van der Waals surface area (Å²) in [7, 11) is 0. The number of rotatable bonds is 4. The van der Waals surface area contributed by atoms with Gasteiger partial charge in [0.05, 0.1) is 11.0 Å². The molecule has 1 aromatic carbocycles. The molecule has 84 valence electrons. The molecule has 2 aromatic rings. The molecule has 1 heterocycles. The fourth-order valence-electron chi connectivity index (χ4n) is 1.68. The summed E-state index contributed by atoms with van der Waals surface area (Å²) in [4.78, 5) is 18.1. The molecule has 0 atom stereocenters. The van der Waals surface area contributed by atoms with Gasteiger partial charge in [-0.2, -0.15) is 0 Å². The molecule has 2 N–H and O–H groups in total. The lowest BCUT2D eigenvalue weighted by molar-refractivity contribution is -0.136. The Labute approximate surface area is 93.3 Å². The molecule has 0 radical (unpaired) electrons. The maximum Gasteiger partial charge on any atom is 0.303 e. The second-order valence-electron chi connectivity index (χ2n) is 3.78. The molecule has 0 amide bonds. The summed E-state index contributed by atoms with van der Waals surface area (Å²) in [6.45, 7) is 2.04. The number of aliphatic carboxylic acids is 1. The molecule has 4 heteroatoms. The first kappa shape index (κ1) is 10.7. The van der Waals surface area contributed by atoms with Gasteiger partial charge in [0.1, 0.15) is 5.82 Å². The minimum absolute atomic E-state index is 0.167. The maximum absolute atomic E-state index is 10.5. The summed E-state index contributed by atoms with van der Waals surface area (Å²) in [6.07, 6.45) is 1.60. The molecule has 0 fully saturated rings. The summed E-state index contributed by atoms with van der Waals surface area (Å²) in [5.74, 6) is 0.198. The van der Waals surface area contributed by atoms with E-state index in [-0.39, 0.29) is 6.42 Å². The number of H-pyrrole nitrogens is 1. The van der Waals surface area contributed by atoms with Gasteiger partial charge in [-0.1, -0.05) is 13.0 Å². The van der Waals surface area contributed by atoms with Crippen LogP contribution in [-0.4, -0.2) is 21.0 Å². The van der Waals surface area contributed by atoms with E-state index in [4.69, 9.17) is 5.11 Å². The van der Waals surface area contributed by atoms with Gasteiger partial charge in [-0.25, -0.2) is 4.98 Å². The number of aromatic amines is 1. The minimum atomic E-state index is -0.765. The van der Waals surface area contributed by atoms with Crippen LogP contribution >= 0.6 is 0 Å². The Morgan fingerprint density at radius 1 is 1.50 bits per heavy atom. The van der Waals surface area contributed by atoms with E-state index in [9.17, 15) is 4.79 Å². The number of hydrogen-bond donors (Lipinski definition) is 2. The number of fused-ring (bicyclic) bond motifs is 1. The van der Waals surface area contributed by atoms with E-state index in [0.717, 1.165) is 28.8 Å². The van der Waals surface area contributed by atoms with Crippen LogP contribution in [0.4, 0.5) is 0 Å². The van der Waals surface area contributed by atoms with Crippen molar-refractivity contribution in [3.63, 3.8) is 0 Å². The molecule has 1 aromatic heterocycles. The predicted molar refractivity (Wildman–Crippen MR) is 61.4 cm³/mol. The monoisotopic (exact) mass is 218 g/mol. The van der Waals surface area contributed by atoms with Crippen molar-refractivity contribution < 1.29 is 9.90 Å². The molecule has 0 aliphatic rings. The minimum Gasteiger partial charge on any atom is -0.481 e. The van der Waals surface area contributed by atoms with Crippen molar-refractivity contribution in [3.8, 4) is 0 Å². The highest BCUT2D eigenvalue weighted by Gasteiger charge is 2.03. The number of benzene rings is 1. The summed E-state index contributed by atoms with van der Waals surface area (Å²) >= 11 is 0. The Balaban J connectivity index is 2.25. The molecule has 0 spiro atoms. The average Bonchev–Trinajstić information content (AvgIpc) is 2.68. The zero-order valence-corrected chi connectivity index (χ0v) is 9.16. The quantitative estimate of drug-likeness (QED) is 0.826. The van der Waals surface area contributed by atoms with Gasteiger partial charge < -0.3 is 10.1 Å². The van der Waals surface area contributed by atoms with E-state index in [2.05, 4.69) is 9.97 Å². The second-order valence-corrected chi connectivity index (χ2v) is 3.78. The number of aromatic nitrogens is 2. The smallest absolute Gasteiger partial charge is 0.303 e. The lowest BCUT2D eigenvalue weighted by Crippen LogP contribution is -1.97. The van der Waals surface area contributed by atoms with E-state index >= 15 is 0 Å². The number of aryl methyl sites for hydroxylation is 2. The van der Waals surface area contributed by atoms with Gasteiger partial charge in [0.2, 0.25) is 0 Å². The molecule has 0 unspecified atom stereocenters. The number of nitrogens with zero attached hydrogens (tertiary/aromatic N) is 1. The summed E-state index contributed by atoms with van der Waals surface area (Å²) < 4.78 is 0. The Bertz CT molecular complexity index is 517. The van der Waals surface area contributed by atoms with Crippen LogP contribution in [0.2, 0.25) is 0 Å². The third kappa shape index (κ3) is 2.21. The fraction of sp³-hybridized carbons (Fsp3) is 0.333. The van der Waals surface area contributed by atoms with Gasteiger partial charge in [0.25, 0.3) is 0 Å². The largest absolute Gasteiger partial charge is 0.481 e. The highest BCUT2D eigenvalue weighted by atomic mass is 16.4. The van der Waals surface area contributed by atoms with Crippen molar-refractivity contribution in [1.82, 2.24) is 9.97 Å². The van der Waals surface area contributed by atoms with Crippen molar-refractivity contribution in [2.45, 2.75) is 26.2 Å². The van der Waals surface area contributed by atoms with E-state index < -0.39 is 5.97 Å². The average molecular weight is 218 g/mol. The van der Waals surface area contributed by atoms with Crippen molar-refractivity contribution in [2.24, 2.45) is 0 Å². The van der Waals surface area contributed by atoms with Gasteiger partial charge in [-0.05, 0) is 24.1 Å². The Hall–Kier alpha value is -1.84. The normalized spacial score (nSPS) is 10.8. The van der Waals surface area contributed by atoms with Gasteiger partial charge >= 0.3 is 5.97 Å². The highest BCUT2D eigenvalue weighted by molar-refractivity contribution is 5.76. The van der Waals surface area contributed by atoms with E-state index in [1.165, 1.54) is 0 Å². The molecule has 0 bridgehead atoms. The molecular formula is C12H14N2O2. The third-order valence-corrected chi connectivity index (χ3v) is 2.56. The molecule has 16 heavy (non-hydrogen) atoms. The Morgan fingerprint density at radius 2 is 2.31 bits per heavy atom. The Kier molecular flexibility index (Phi) is 2.90. The van der Waals surface area contributed by atoms with Gasteiger partial charge in [-0.3, -0.25) is 4.79 Å². The van der Waals surface area contributed by atoms with E-state index in [0.29, 0.717) is 6.42 Å². The number of carboxylic acid groups (broad SMARTS) is 1. The Morgan fingerprint density at radius 3 is 3.00 bits per heavy atom. The van der Waals surface area contributed by atoms with Crippen LogP contribution < -0.4 is 0 Å². The standard InChI is InChI=1S/C12H14N2O2/c1-2-11-13-9-5-3-8(4-6-12(15)16)7-10(9)14-11/h3,5,7H,2,4,6H2,1H3,(H,13,14)(H,15,16). The molecule has 0 aliphatic carbocycles. The first-order chi connectivity index (χ1) is 7.69. The maximum atomic E-state index is 10.5. The first-order valence-electron chi connectivity index (χ1n) is 5.38. The first-order valence-corrected chi connectivity index (χ1v) is 5.38. The number of nitrogens with one attached hydrogen (secondary N) is 1. The molecule has 2 rings (SSSR count). The van der Waals surface area contributed by atoms with Crippen molar-refractivity contribution in [1.29, 1.82) is 0 Å². The van der Waals surface area contributed by atoms with E-state index in [1.54, 1.807) is 0 Å². The number of carboxylic acids is 1. The zero-order valence-electron chi connectivity index (χ0n) is 9.16. The number of imidazole rings is 1. The zero-order chi connectivity index (χ0) is 11.5. The lowest BCUT2D eigenvalue weighted by atomic mass is 10.1. The van der Waals surface area contributed by atoms with Gasteiger partial charge in [-0.15, -0.1) is 0 Å². The molecule has 0 saturated carbocycles. The topological polar surface area (TPSA) is 66.0 Å². The lowest BCUT2D eigenvalue weighted by Gasteiger charge is -1.97. The highest BCUT2D eigenvalue weighted by Crippen LogP contribution is 2.15. The summed E-state index contributed by atoms with van der Waals surface area (Å²) in [6, 6.07) is 5.85. The molecule has 4 nitrogen and oxygen atoms in total. The number of hydrogen-bond acceptors (Lipinski definition) is 2. The molecule has 0 saturated heterocycles. The van der Waals surface area contributed by atoms with E-state index in [1.807, 2.05) is 25.1 Å². The van der Waals surface area contributed by atoms with Crippen LogP contribution in [0.15, 0.2) is 18.2 Å². The van der Waals surface area contributed by atoms with Crippen LogP contribution in [0.25, 0.3) is 11.0 Å². The van der Waals surface area contributed by atoms with Crippen LogP contribution in [0.1, 0.15) is 24.7 Å². The summed E-state index contributed by atoms with van der Waals surface area (Å²) in [5, 5.41) is 8.61. The third-order valence-electron chi connectivity index (χ3n) is 2.56. The SMILES string of the molecule is CCc1nc2ccc(CCC(=O)O)cc2[nH]1. The van der Waals surface area contributed by atoms with Gasteiger partial charge in [0.15, 0.2) is 0 Å². The fourth-order valence-corrected chi connectivity index (χ4v) is 1.68. The van der Waals surface area contributed by atoms with Crippen molar-refractivity contribution in [3.05, 3.63) is 29.6 Å².